The van der Waals surface area contributed by atoms with Crippen molar-refractivity contribution in [3.63, 3.8) is 0 Å². The van der Waals surface area contributed by atoms with E-state index >= 15 is 0 Å². The van der Waals surface area contributed by atoms with E-state index in [1.54, 1.807) is 6.08 Å². The molecule has 0 unspecified atom stereocenters. The van der Waals surface area contributed by atoms with E-state index in [-0.39, 0.29) is 11.9 Å². The van der Waals surface area contributed by atoms with Gasteiger partial charge in [-0.15, -0.1) is 0 Å². The van der Waals surface area contributed by atoms with E-state index in [2.05, 4.69) is 6.92 Å². The van der Waals surface area contributed by atoms with Crippen molar-refractivity contribution in [3.8, 4) is 0 Å². The van der Waals surface area contributed by atoms with Crippen LogP contribution in [-0.2, 0) is 9.53 Å². The third-order valence-electron chi connectivity index (χ3n) is 1.44. The summed E-state index contributed by atoms with van der Waals surface area (Å²) in [7, 11) is 0. The number of carbonyl (C=O) groups excluding carboxylic acids is 1. The molecule has 0 radical (unpaired) electrons. The minimum absolute atomic E-state index is 0.0655. The molecular weight excluding hydrogens is 164 g/mol. The first-order valence-electron chi connectivity index (χ1n) is 4.70. The third-order valence-corrected chi connectivity index (χ3v) is 1.44. The van der Waals surface area contributed by atoms with Crippen LogP contribution in [0.15, 0.2) is 24.5 Å². The average molecular weight is 182 g/mol. The van der Waals surface area contributed by atoms with Crippen molar-refractivity contribution < 1.29 is 9.53 Å². The lowest BCUT2D eigenvalue weighted by atomic mass is 10.2. The highest BCUT2D eigenvalue weighted by Gasteiger charge is 2.04. The van der Waals surface area contributed by atoms with Crippen LogP contribution in [0.2, 0.25) is 0 Å². The molecule has 0 saturated carbocycles. The maximum atomic E-state index is 10.9. The lowest BCUT2D eigenvalue weighted by molar-refractivity contribution is -0.141. The fourth-order valence-electron chi connectivity index (χ4n) is 0.629. The van der Waals surface area contributed by atoms with Gasteiger partial charge < -0.3 is 4.74 Å². The molecule has 0 aromatic rings. The van der Waals surface area contributed by atoms with Gasteiger partial charge in [-0.25, -0.2) is 0 Å². The molecule has 0 atom stereocenters. The van der Waals surface area contributed by atoms with Crippen LogP contribution in [0.25, 0.3) is 0 Å². The second-order valence-electron chi connectivity index (χ2n) is 3.14. The van der Waals surface area contributed by atoms with Crippen molar-refractivity contribution in [1.82, 2.24) is 0 Å². The molecule has 0 heterocycles. The van der Waals surface area contributed by atoms with Gasteiger partial charge in [-0.1, -0.05) is 39.3 Å². The summed E-state index contributed by atoms with van der Waals surface area (Å²) in [4.78, 5) is 10.9. The molecule has 74 valence electrons. The largest absolute Gasteiger partial charge is 0.434 e. The average Bonchev–Trinajstić information content (AvgIpc) is 2.10. The fraction of sp³-hybridized carbons (Fsp3) is 0.545. The zero-order chi connectivity index (χ0) is 10.1. The maximum Gasteiger partial charge on any atom is 0.313 e. The molecule has 2 nitrogen and oxygen atoms in total. The van der Waals surface area contributed by atoms with Crippen LogP contribution >= 0.6 is 0 Å². The number of carbonyl (C=O) groups is 1. The van der Waals surface area contributed by atoms with Crippen LogP contribution in [0.1, 0.15) is 33.6 Å². The van der Waals surface area contributed by atoms with Crippen LogP contribution in [0.5, 0.6) is 0 Å². The smallest absolute Gasteiger partial charge is 0.313 e. The Morgan fingerprint density at radius 3 is 2.62 bits per heavy atom. The molecule has 0 saturated heterocycles. The predicted molar refractivity (Wildman–Crippen MR) is 54.1 cm³/mol. The van der Waals surface area contributed by atoms with Gasteiger partial charge in [-0.2, -0.15) is 0 Å². The molecule has 0 rings (SSSR count). The number of esters is 1. The summed E-state index contributed by atoms with van der Waals surface area (Å²) >= 11 is 0. The van der Waals surface area contributed by atoms with Gasteiger partial charge in [0.05, 0.1) is 12.2 Å². The second-order valence-corrected chi connectivity index (χ2v) is 3.14. The molecule has 0 aromatic heterocycles. The Morgan fingerprint density at radius 2 is 2.08 bits per heavy atom. The highest BCUT2D eigenvalue weighted by molar-refractivity contribution is 5.72. The van der Waals surface area contributed by atoms with Gasteiger partial charge in [0.2, 0.25) is 0 Å². The summed E-state index contributed by atoms with van der Waals surface area (Å²) in [6.45, 7) is 5.74. The molecule has 0 aliphatic rings. The van der Waals surface area contributed by atoms with E-state index < -0.39 is 0 Å². The van der Waals surface area contributed by atoms with E-state index in [1.807, 2.05) is 26.0 Å². The standard InChI is InChI=1S/C11H18O2/c1-4-5-6-7-8-9-13-11(12)10(2)3/h6-10H,4-5H2,1-3H3. The predicted octanol–water partition coefficient (Wildman–Crippen LogP) is 3.06. The molecule has 0 aliphatic heterocycles. The van der Waals surface area contributed by atoms with E-state index in [0.717, 1.165) is 12.8 Å². The summed E-state index contributed by atoms with van der Waals surface area (Å²) in [6, 6.07) is 0. The summed E-state index contributed by atoms with van der Waals surface area (Å²) in [5.41, 5.74) is 0. The Morgan fingerprint density at radius 1 is 1.38 bits per heavy atom. The first-order valence-corrected chi connectivity index (χ1v) is 4.70. The second kappa shape index (κ2) is 7.59. The first kappa shape index (κ1) is 11.9. The van der Waals surface area contributed by atoms with Crippen molar-refractivity contribution in [2.45, 2.75) is 33.6 Å². The van der Waals surface area contributed by atoms with Gasteiger partial charge in [0.15, 0.2) is 0 Å². The Hall–Kier alpha value is -1.05. The summed E-state index contributed by atoms with van der Waals surface area (Å²) in [5, 5.41) is 0. The highest BCUT2D eigenvalue weighted by Crippen LogP contribution is 1.96. The van der Waals surface area contributed by atoms with Crippen LogP contribution in [0, 0.1) is 5.92 Å². The van der Waals surface area contributed by atoms with Crippen LogP contribution in [0.3, 0.4) is 0 Å². The van der Waals surface area contributed by atoms with Crippen molar-refractivity contribution in [2.24, 2.45) is 5.92 Å². The number of rotatable bonds is 5. The van der Waals surface area contributed by atoms with Gasteiger partial charge >= 0.3 is 5.97 Å². The van der Waals surface area contributed by atoms with E-state index in [4.69, 9.17) is 4.74 Å². The Bertz CT molecular complexity index is 190. The lowest BCUT2D eigenvalue weighted by Gasteiger charge is -1.99. The number of unbranched alkanes of at least 4 members (excludes halogenated alkanes) is 1. The molecule has 0 aliphatic carbocycles. The normalized spacial score (nSPS) is 11.7. The molecule has 13 heavy (non-hydrogen) atoms. The van der Waals surface area contributed by atoms with Gasteiger partial charge in [0.25, 0.3) is 0 Å². The Labute approximate surface area is 80.3 Å². The molecule has 0 fully saturated rings. The number of hydrogen-bond acceptors (Lipinski definition) is 2. The molecule has 0 spiro atoms. The monoisotopic (exact) mass is 182 g/mol. The minimum Gasteiger partial charge on any atom is -0.434 e. The van der Waals surface area contributed by atoms with Crippen molar-refractivity contribution >= 4 is 5.97 Å². The zero-order valence-electron chi connectivity index (χ0n) is 8.62. The SMILES string of the molecule is CCCC=CC=COC(=O)C(C)C. The van der Waals surface area contributed by atoms with Crippen molar-refractivity contribution in [1.29, 1.82) is 0 Å². The highest BCUT2D eigenvalue weighted by atomic mass is 16.5. The molecule has 0 aromatic carbocycles. The summed E-state index contributed by atoms with van der Waals surface area (Å²) < 4.78 is 4.81. The number of hydrogen-bond donors (Lipinski definition) is 0. The minimum atomic E-state index is -0.194. The van der Waals surface area contributed by atoms with Gasteiger partial charge in [0.1, 0.15) is 0 Å². The summed E-state index contributed by atoms with van der Waals surface area (Å²) in [5.74, 6) is -0.260. The number of allylic oxidation sites excluding steroid dienone is 3. The zero-order valence-corrected chi connectivity index (χ0v) is 8.62. The molecule has 2 heteroatoms. The van der Waals surface area contributed by atoms with Gasteiger partial charge in [0, 0.05) is 0 Å². The van der Waals surface area contributed by atoms with E-state index in [1.165, 1.54) is 6.26 Å². The molecule has 0 amide bonds. The van der Waals surface area contributed by atoms with Gasteiger partial charge in [-0.3, -0.25) is 4.79 Å². The van der Waals surface area contributed by atoms with Crippen molar-refractivity contribution in [2.75, 3.05) is 0 Å². The van der Waals surface area contributed by atoms with E-state index in [0.29, 0.717) is 0 Å². The fourth-order valence-corrected chi connectivity index (χ4v) is 0.629. The maximum absolute atomic E-state index is 10.9. The van der Waals surface area contributed by atoms with E-state index in [9.17, 15) is 4.79 Å². The third kappa shape index (κ3) is 7.32. The molecular formula is C11H18O2. The molecule has 0 N–H and O–H groups in total. The Balaban J connectivity index is 3.57. The quantitative estimate of drug-likeness (QED) is 0.371. The molecule has 0 bridgehead atoms. The van der Waals surface area contributed by atoms with Gasteiger partial charge in [-0.05, 0) is 12.5 Å². The Kier molecular flexibility index (Phi) is 6.98. The summed E-state index contributed by atoms with van der Waals surface area (Å²) in [6.07, 6.45) is 9.28. The first-order chi connectivity index (χ1) is 6.18. The lowest BCUT2D eigenvalue weighted by Crippen LogP contribution is -2.07. The topological polar surface area (TPSA) is 26.3 Å². The van der Waals surface area contributed by atoms with Crippen LogP contribution < -0.4 is 0 Å². The van der Waals surface area contributed by atoms with Crippen LogP contribution in [-0.4, -0.2) is 5.97 Å². The number of ether oxygens (including phenoxy) is 1. The van der Waals surface area contributed by atoms with Crippen LogP contribution in [0.4, 0.5) is 0 Å². The van der Waals surface area contributed by atoms with Crippen molar-refractivity contribution in [3.05, 3.63) is 24.5 Å².